The van der Waals surface area contributed by atoms with Gasteiger partial charge in [0.2, 0.25) is 5.13 Å². The van der Waals surface area contributed by atoms with E-state index in [1.807, 2.05) is 24.3 Å². The number of nitrogen functional groups attached to an aromatic ring is 1. The molecule has 0 radical (unpaired) electrons. The molecular weight excluding hydrogens is 224 g/mol. The molecule has 5 nitrogen and oxygen atoms in total. The first-order chi connectivity index (χ1) is 7.79. The zero-order valence-corrected chi connectivity index (χ0v) is 9.41. The molecule has 16 heavy (non-hydrogen) atoms. The van der Waals surface area contributed by atoms with Gasteiger partial charge in [-0.1, -0.05) is 11.3 Å². The first-order valence-electron chi connectivity index (χ1n) is 4.82. The number of benzene rings is 1. The Morgan fingerprint density at radius 2 is 1.94 bits per heavy atom. The number of hydrogen-bond acceptors (Lipinski definition) is 6. The molecule has 0 bridgehead atoms. The van der Waals surface area contributed by atoms with Crippen LogP contribution in [0.1, 0.15) is 0 Å². The van der Waals surface area contributed by atoms with Crippen LogP contribution >= 0.6 is 11.3 Å². The number of rotatable bonds is 4. The molecule has 0 atom stereocenters. The Bertz CT molecular complexity index is 454. The van der Waals surface area contributed by atoms with E-state index in [4.69, 9.17) is 16.2 Å². The van der Waals surface area contributed by atoms with E-state index in [1.165, 1.54) is 11.3 Å². The van der Waals surface area contributed by atoms with Gasteiger partial charge in [0.1, 0.15) is 17.4 Å². The molecule has 6 heteroatoms. The zero-order chi connectivity index (χ0) is 11.4. The quantitative estimate of drug-likeness (QED) is 0.830. The largest absolute Gasteiger partial charge is 0.492 e. The minimum absolute atomic E-state index is 0.471. The number of anilines is 1. The van der Waals surface area contributed by atoms with Crippen LogP contribution in [-0.4, -0.2) is 23.3 Å². The second-order valence-corrected chi connectivity index (χ2v) is 4.12. The monoisotopic (exact) mass is 236 g/mol. The molecule has 0 saturated carbocycles. The normalized spacial score (nSPS) is 10.3. The van der Waals surface area contributed by atoms with E-state index >= 15 is 0 Å². The van der Waals surface area contributed by atoms with Crippen LogP contribution < -0.4 is 16.2 Å². The van der Waals surface area contributed by atoms with Gasteiger partial charge < -0.3 is 16.2 Å². The van der Waals surface area contributed by atoms with Crippen LogP contribution in [0.15, 0.2) is 24.3 Å². The third-order valence-corrected chi connectivity index (χ3v) is 2.73. The van der Waals surface area contributed by atoms with Crippen LogP contribution in [0.5, 0.6) is 5.75 Å². The Morgan fingerprint density at radius 1 is 1.19 bits per heavy atom. The molecular formula is C10H12N4OS. The molecule has 2 rings (SSSR count). The standard InChI is InChI=1S/C10H12N4OS/c11-5-6-15-8-3-1-7(2-4-8)9-13-14-10(12)16-9/h1-4H,5-6,11H2,(H2,12,14). The van der Waals surface area contributed by atoms with Crippen molar-refractivity contribution in [3.63, 3.8) is 0 Å². The van der Waals surface area contributed by atoms with Gasteiger partial charge in [-0.15, -0.1) is 10.2 Å². The average molecular weight is 236 g/mol. The van der Waals surface area contributed by atoms with Crippen LogP contribution in [0.4, 0.5) is 5.13 Å². The van der Waals surface area contributed by atoms with E-state index in [1.54, 1.807) is 0 Å². The lowest BCUT2D eigenvalue weighted by Crippen LogP contribution is -2.10. The van der Waals surface area contributed by atoms with Crippen molar-refractivity contribution >= 4 is 16.5 Å². The third-order valence-electron chi connectivity index (χ3n) is 1.93. The average Bonchev–Trinajstić information content (AvgIpc) is 2.74. The van der Waals surface area contributed by atoms with Gasteiger partial charge in [0, 0.05) is 12.1 Å². The van der Waals surface area contributed by atoms with Crippen molar-refractivity contribution in [2.45, 2.75) is 0 Å². The summed E-state index contributed by atoms with van der Waals surface area (Å²) in [6, 6.07) is 7.60. The summed E-state index contributed by atoms with van der Waals surface area (Å²) in [5, 5.41) is 9.00. The molecule has 2 aromatic rings. The number of nitrogens with two attached hydrogens (primary N) is 2. The van der Waals surface area contributed by atoms with Crippen LogP contribution in [0.2, 0.25) is 0 Å². The number of ether oxygens (including phenoxy) is 1. The van der Waals surface area contributed by atoms with Crippen LogP contribution in [0.3, 0.4) is 0 Å². The highest BCUT2D eigenvalue weighted by molar-refractivity contribution is 7.18. The lowest BCUT2D eigenvalue weighted by molar-refractivity contribution is 0.328. The van der Waals surface area contributed by atoms with Gasteiger partial charge in [-0.05, 0) is 24.3 Å². The van der Waals surface area contributed by atoms with E-state index in [9.17, 15) is 0 Å². The number of hydrogen-bond donors (Lipinski definition) is 2. The van der Waals surface area contributed by atoms with Crippen LogP contribution in [0, 0.1) is 0 Å². The van der Waals surface area contributed by atoms with E-state index in [0.717, 1.165) is 16.3 Å². The van der Waals surface area contributed by atoms with E-state index in [2.05, 4.69) is 10.2 Å². The van der Waals surface area contributed by atoms with Crippen molar-refractivity contribution in [1.29, 1.82) is 0 Å². The molecule has 1 aromatic carbocycles. The molecule has 0 fully saturated rings. The second kappa shape index (κ2) is 4.91. The smallest absolute Gasteiger partial charge is 0.203 e. The molecule has 0 saturated heterocycles. The summed E-state index contributed by atoms with van der Waals surface area (Å²) in [4.78, 5) is 0. The summed E-state index contributed by atoms with van der Waals surface area (Å²) in [5.41, 5.74) is 11.8. The molecule has 1 heterocycles. The highest BCUT2D eigenvalue weighted by atomic mass is 32.1. The summed E-state index contributed by atoms with van der Waals surface area (Å²) < 4.78 is 5.37. The molecule has 0 spiro atoms. The molecule has 0 aliphatic rings. The third kappa shape index (κ3) is 2.47. The topological polar surface area (TPSA) is 87.0 Å². The van der Waals surface area contributed by atoms with E-state index in [-0.39, 0.29) is 0 Å². The maximum absolute atomic E-state index is 5.52. The van der Waals surface area contributed by atoms with E-state index in [0.29, 0.717) is 18.3 Å². The predicted molar refractivity (Wildman–Crippen MR) is 64.3 cm³/mol. The second-order valence-electron chi connectivity index (χ2n) is 3.11. The fourth-order valence-corrected chi connectivity index (χ4v) is 1.84. The molecule has 0 aliphatic carbocycles. The van der Waals surface area contributed by atoms with Gasteiger partial charge in [-0.3, -0.25) is 0 Å². The number of aromatic nitrogens is 2. The lowest BCUT2D eigenvalue weighted by Gasteiger charge is -2.04. The summed E-state index contributed by atoms with van der Waals surface area (Å²) in [5.74, 6) is 0.798. The zero-order valence-electron chi connectivity index (χ0n) is 8.59. The minimum atomic E-state index is 0.471. The summed E-state index contributed by atoms with van der Waals surface area (Å²) in [6.45, 7) is 1.03. The van der Waals surface area contributed by atoms with Crippen molar-refractivity contribution in [3.05, 3.63) is 24.3 Å². The first-order valence-corrected chi connectivity index (χ1v) is 5.63. The Hall–Kier alpha value is -1.66. The molecule has 0 amide bonds. The maximum atomic E-state index is 5.52. The first kappa shape index (κ1) is 10.8. The fourth-order valence-electron chi connectivity index (χ4n) is 1.22. The summed E-state index contributed by atoms with van der Waals surface area (Å²) in [6.07, 6.45) is 0. The van der Waals surface area contributed by atoms with Crippen LogP contribution in [-0.2, 0) is 0 Å². The van der Waals surface area contributed by atoms with Crippen molar-refractivity contribution in [2.24, 2.45) is 5.73 Å². The van der Waals surface area contributed by atoms with Gasteiger partial charge in [0.15, 0.2) is 0 Å². The van der Waals surface area contributed by atoms with Crippen molar-refractivity contribution < 1.29 is 4.74 Å². The fraction of sp³-hybridized carbons (Fsp3) is 0.200. The van der Waals surface area contributed by atoms with Gasteiger partial charge >= 0.3 is 0 Å². The molecule has 0 aliphatic heterocycles. The molecule has 0 unspecified atom stereocenters. The lowest BCUT2D eigenvalue weighted by atomic mass is 10.2. The van der Waals surface area contributed by atoms with Crippen LogP contribution in [0.25, 0.3) is 10.6 Å². The number of nitrogens with zero attached hydrogens (tertiary/aromatic N) is 2. The Kier molecular flexibility index (Phi) is 3.33. The summed E-state index contributed by atoms with van der Waals surface area (Å²) >= 11 is 1.36. The highest BCUT2D eigenvalue weighted by Crippen LogP contribution is 2.26. The van der Waals surface area contributed by atoms with Gasteiger partial charge in [0.25, 0.3) is 0 Å². The Labute approximate surface area is 97.1 Å². The maximum Gasteiger partial charge on any atom is 0.203 e. The van der Waals surface area contributed by atoms with Gasteiger partial charge in [-0.2, -0.15) is 0 Å². The minimum Gasteiger partial charge on any atom is -0.492 e. The summed E-state index contributed by atoms with van der Waals surface area (Å²) in [7, 11) is 0. The highest BCUT2D eigenvalue weighted by Gasteiger charge is 2.04. The molecule has 1 aromatic heterocycles. The van der Waals surface area contributed by atoms with E-state index < -0.39 is 0 Å². The Balaban J connectivity index is 2.13. The molecule has 84 valence electrons. The van der Waals surface area contributed by atoms with Crippen molar-refractivity contribution in [1.82, 2.24) is 10.2 Å². The molecule has 4 N–H and O–H groups in total. The Morgan fingerprint density at radius 3 is 2.50 bits per heavy atom. The van der Waals surface area contributed by atoms with Crippen molar-refractivity contribution in [3.8, 4) is 16.3 Å². The van der Waals surface area contributed by atoms with Crippen molar-refractivity contribution in [2.75, 3.05) is 18.9 Å². The van der Waals surface area contributed by atoms with Gasteiger partial charge in [0.05, 0.1) is 0 Å². The SMILES string of the molecule is NCCOc1ccc(-c2nnc(N)s2)cc1. The van der Waals surface area contributed by atoms with Gasteiger partial charge in [-0.25, -0.2) is 0 Å². The predicted octanol–water partition coefficient (Wildman–Crippen LogP) is 1.12.